The van der Waals surface area contributed by atoms with Gasteiger partial charge in [-0.15, -0.1) is 0 Å². The molecule has 8 heteroatoms. The zero-order chi connectivity index (χ0) is 16.1. The van der Waals surface area contributed by atoms with Crippen molar-refractivity contribution < 1.29 is 14.1 Å². The van der Waals surface area contributed by atoms with Crippen LogP contribution in [-0.4, -0.2) is 17.4 Å². The number of hydrogen-bond donors (Lipinski definition) is 2. The van der Waals surface area contributed by atoms with E-state index in [9.17, 15) is 19.3 Å². The molecule has 2 rings (SSSR count). The fourth-order valence-electron chi connectivity index (χ4n) is 1.72. The van der Waals surface area contributed by atoms with Gasteiger partial charge in [0, 0.05) is 21.9 Å². The van der Waals surface area contributed by atoms with Crippen molar-refractivity contribution in [2.24, 2.45) is 0 Å². The summed E-state index contributed by atoms with van der Waals surface area (Å²) < 4.78 is 14.0. The third-order valence-corrected chi connectivity index (χ3v) is 3.20. The van der Waals surface area contributed by atoms with Crippen LogP contribution in [0.5, 0.6) is 0 Å². The van der Waals surface area contributed by atoms with Crippen molar-refractivity contribution in [1.82, 2.24) is 0 Å². The van der Waals surface area contributed by atoms with Crippen molar-refractivity contribution >= 4 is 38.9 Å². The maximum absolute atomic E-state index is 13.2. The van der Waals surface area contributed by atoms with E-state index in [2.05, 4.69) is 26.6 Å². The third-order valence-electron chi connectivity index (χ3n) is 2.70. The van der Waals surface area contributed by atoms with E-state index in [4.69, 9.17) is 0 Å². The topological polar surface area (TPSA) is 84.3 Å². The zero-order valence-corrected chi connectivity index (χ0v) is 12.8. The van der Waals surface area contributed by atoms with E-state index < -0.39 is 16.4 Å². The largest absolute Gasteiger partial charge is 0.376 e. The van der Waals surface area contributed by atoms with Gasteiger partial charge in [-0.3, -0.25) is 14.9 Å². The predicted octanol–water partition coefficient (Wildman–Crippen LogP) is 3.55. The summed E-state index contributed by atoms with van der Waals surface area (Å²) in [5.74, 6) is -1.25. The van der Waals surface area contributed by atoms with Gasteiger partial charge in [-0.05, 0) is 30.3 Å². The molecule has 0 saturated heterocycles. The van der Waals surface area contributed by atoms with Gasteiger partial charge >= 0.3 is 5.69 Å². The number of hydrogen-bond acceptors (Lipinski definition) is 4. The molecule has 2 aromatic rings. The fraction of sp³-hybridized carbons (Fsp3) is 0.0714. The van der Waals surface area contributed by atoms with Crippen LogP contribution in [0, 0.1) is 15.9 Å². The van der Waals surface area contributed by atoms with Gasteiger partial charge in [0.2, 0.25) is 11.7 Å². The van der Waals surface area contributed by atoms with E-state index in [0.29, 0.717) is 5.69 Å². The molecule has 2 N–H and O–H groups in total. The molecular formula is C14H11BrFN3O3. The number of nitrogens with one attached hydrogen (secondary N) is 2. The smallest absolute Gasteiger partial charge is 0.306 e. The Bertz CT molecular complexity index is 724. The Labute approximate surface area is 133 Å². The highest BCUT2D eigenvalue weighted by Gasteiger charge is 2.14. The van der Waals surface area contributed by atoms with Crippen LogP contribution >= 0.6 is 15.9 Å². The molecule has 1 amide bonds. The Balaban J connectivity index is 1.96. The molecule has 0 unspecified atom stereocenters. The highest BCUT2D eigenvalue weighted by atomic mass is 79.9. The Morgan fingerprint density at radius 1 is 1.23 bits per heavy atom. The molecule has 0 aromatic heterocycles. The molecule has 0 fully saturated rings. The lowest BCUT2D eigenvalue weighted by Crippen LogP contribution is -2.21. The molecule has 0 radical (unpaired) electrons. The minimum Gasteiger partial charge on any atom is -0.376 e. The van der Waals surface area contributed by atoms with Gasteiger partial charge in [0.05, 0.1) is 11.5 Å². The normalized spacial score (nSPS) is 10.1. The quantitative estimate of drug-likeness (QED) is 0.625. The summed E-state index contributed by atoms with van der Waals surface area (Å²) in [6, 6.07) is 10.4. The number of anilines is 2. The molecule has 22 heavy (non-hydrogen) atoms. The monoisotopic (exact) mass is 367 g/mol. The molecule has 0 atom stereocenters. The number of nitrogens with zero attached hydrogens (tertiary/aromatic N) is 1. The molecule has 0 heterocycles. The first kappa shape index (κ1) is 15.9. The lowest BCUT2D eigenvalue weighted by molar-refractivity contribution is -0.387. The first-order chi connectivity index (χ1) is 10.5. The number of halogens is 2. The number of carbonyl (C=O) groups excluding carboxylic acids is 1. The summed E-state index contributed by atoms with van der Waals surface area (Å²) >= 11 is 3.29. The Morgan fingerprint density at radius 2 is 2.00 bits per heavy atom. The molecule has 0 bridgehead atoms. The number of nitro benzene ring substituents is 1. The molecule has 0 aliphatic rings. The van der Waals surface area contributed by atoms with Gasteiger partial charge in [0.1, 0.15) is 0 Å². The SMILES string of the molecule is O=C(CNc1ccc(F)c([N+](=O)[O-])c1)Nc1cccc(Br)c1. The van der Waals surface area contributed by atoms with E-state index in [0.717, 1.165) is 16.6 Å². The van der Waals surface area contributed by atoms with Crippen LogP contribution in [0.2, 0.25) is 0 Å². The maximum atomic E-state index is 13.2. The van der Waals surface area contributed by atoms with Gasteiger partial charge in [-0.1, -0.05) is 22.0 Å². The summed E-state index contributed by atoms with van der Waals surface area (Å²) in [4.78, 5) is 21.6. The van der Waals surface area contributed by atoms with Gasteiger partial charge in [-0.2, -0.15) is 4.39 Å². The summed E-state index contributed by atoms with van der Waals surface area (Å²) in [5, 5.41) is 16.0. The molecule has 0 aliphatic carbocycles. The summed E-state index contributed by atoms with van der Waals surface area (Å²) in [5.41, 5.74) is 0.265. The number of rotatable bonds is 5. The summed E-state index contributed by atoms with van der Waals surface area (Å²) in [6.07, 6.45) is 0. The summed E-state index contributed by atoms with van der Waals surface area (Å²) in [6.45, 7) is -0.102. The Hall–Kier alpha value is -2.48. The second-order valence-corrected chi connectivity index (χ2v) is 5.25. The van der Waals surface area contributed by atoms with Gasteiger partial charge in [0.15, 0.2) is 0 Å². The van der Waals surface area contributed by atoms with Crippen LogP contribution in [0.1, 0.15) is 0 Å². The third kappa shape index (κ3) is 4.26. The predicted molar refractivity (Wildman–Crippen MR) is 84.3 cm³/mol. The van der Waals surface area contributed by atoms with Gasteiger partial charge < -0.3 is 10.6 Å². The second-order valence-electron chi connectivity index (χ2n) is 4.34. The average Bonchev–Trinajstić information content (AvgIpc) is 2.46. The molecule has 0 aliphatic heterocycles. The van der Waals surface area contributed by atoms with Crippen LogP contribution in [0.25, 0.3) is 0 Å². The lowest BCUT2D eigenvalue weighted by atomic mass is 10.2. The Morgan fingerprint density at radius 3 is 2.68 bits per heavy atom. The van der Waals surface area contributed by atoms with Crippen molar-refractivity contribution in [3.8, 4) is 0 Å². The van der Waals surface area contributed by atoms with E-state index >= 15 is 0 Å². The minimum atomic E-state index is -0.922. The molecule has 114 valence electrons. The van der Waals surface area contributed by atoms with Gasteiger partial charge in [-0.25, -0.2) is 0 Å². The first-order valence-electron chi connectivity index (χ1n) is 6.19. The van der Waals surface area contributed by atoms with E-state index in [1.54, 1.807) is 18.2 Å². The fourth-order valence-corrected chi connectivity index (χ4v) is 2.12. The zero-order valence-electron chi connectivity index (χ0n) is 11.2. The Kier molecular flexibility index (Phi) is 5.05. The van der Waals surface area contributed by atoms with Crippen LogP contribution < -0.4 is 10.6 Å². The molecule has 0 spiro atoms. The molecule has 0 saturated carbocycles. The van der Waals surface area contributed by atoms with Crippen LogP contribution in [0.15, 0.2) is 46.9 Å². The standard InChI is InChI=1S/C14H11BrFN3O3/c15-9-2-1-3-11(6-9)18-14(20)8-17-10-4-5-12(16)13(7-10)19(21)22/h1-7,17H,8H2,(H,18,20). The molecule has 2 aromatic carbocycles. The molecule has 6 nitrogen and oxygen atoms in total. The number of carbonyl (C=O) groups is 1. The van der Waals surface area contributed by atoms with E-state index in [-0.39, 0.29) is 18.1 Å². The van der Waals surface area contributed by atoms with Crippen LogP contribution in [0.3, 0.4) is 0 Å². The van der Waals surface area contributed by atoms with Crippen molar-refractivity contribution in [2.75, 3.05) is 17.2 Å². The minimum absolute atomic E-state index is 0.102. The van der Waals surface area contributed by atoms with Crippen LogP contribution in [-0.2, 0) is 4.79 Å². The van der Waals surface area contributed by atoms with Crippen molar-refractivity contribution in [1.29, 1.82) is 0 Å². The lowest BCUT2D eigenvalue weighted by Gasteiger charge is -2.08. The van der Waals surface area contributed by atoms with Crippen molar-refractivity contribution in [3.63, 3.8) is 0 Å². The second kappa shape index (κ2) is 6.99. The number of benzene rings is 2. The maximum Gasteiger partial charge on any atom is 0.306 e. The van der Waals surface area contributed by atoms with Crippen LogP contribution in [0.4, 0.5) is 21.5 Å². The average molecular weight is 368 g/mol. The highest BCUT2D eigenvalue weighted by Crippen LogP contribution is 2.21. The van der Waals surface area contributed by atoms with Gasteiger partial charge in [0.25, 0.3) is 0 Å². The summed E-state index contributed by atoms with van der Waals surface area (Å²) in [7, 11) is 0. The first-order valence-corrected chi connectivity index (χ1v) is 6.98. The number of amides is 1. The number of nitro groups is 1. The van der Waals surface area contributed by atoms with E-state index in [1.165, 1.54) is 6.07 Å². The molecular weight excluding hydrogens is 357 g/mol. The highest BCUT2D eigenvalue weighted by molar-refractivity contribution is 9.10. The van der Waals surface area contributed by atoms with Crippen molar-refractivity contribution in [2.45, 2.75) is 0 Å². The van der Waals surface area contributed by atoms with Crippen molar-refractivity contribution in [3.05, 3.63) is 62.9 Å². The van der Waals surface area contributed by atoms with E-state index in [1.807, 2.05) is 6.07 Å².